The first-order valence-electron chi connectivity index (χ1n) is 7.08. The van der Waals surface area contributed by atoms with Crippen LogP contribution in [0.15, 0.2) is 6.20 Å². The SMILES string of the molecule is Cc1nn(C)c(C)c1CC(=O)NC(C)c1cnn(C)c1C. The van der Waals surface area contributed by atoms with Gasteiger partial charge < -0.3 is 5.32 Å². The van der Waals surface area contributed by atoms with Crippen LogP contribution in [0.4, 0.5) is 0 Å². The van der Waals surface area contributed by atoms with Crippen molar-refractivity contribution in [3.8, 4) is 0 Å². The molecule has 1 amide bonds. The maximum Gasteiger partial charge on any atom is 0.225 e. The molecule has 2 aromatic heterocycles. The summed E-state index contributed by atoms with van der Waals surface area (Å²) in [5.41, 5.74) is 5.07. The number of rotatable bonds is 4. The second kappa shape index (κ2) is 5.71. The maximum absolute atomic E-state index is 12.3. The van der Waals surface area contributed by atoms with Crippen molar-refractivity contribution in [2.24, 2.45) is 14.1 Å². The van der Waals surface area contributed by atoms with Gasteiger partial charge in [-0.25, -0.2) is 0 Å². The van der Waals surface area contributed by atoms with E-state index in [0.29, 0.717) is 6.42 Å². The molecule has 2 aromatic rings. The fourth-order valence-electron chi connectivity index (χ4n) is 2.54. The summed E-state index contributed by atoms with van der Waals surface area (Å²) in [5, 5.41) is 11.6. The minimum absolute atomic E-state index is 0.00459. The first kappa shape index (κ1) is 15.3. The van der Waals surface area contributed by atoms with Crippen LogP contribution >= 0.6 is 0 Å². The average molecular weight is 289 g/mol. The van der Waals surface area contributed by atoms with Gasteiger partial charge in [-0.05, 0) is 27.7 Å². The molecular weight excluding hydrogens is 266 g/mol. The van der Waals surface area contributed by atoms with Crippen molar-refractivity contribution in [3.63, 3.8) is 0 Å². The molecule has 0 fully saturated rings. The van der Waals surface area contributed by atoms with Gasteiger partial charge in [0.25, 0.3) is 0 Å². The lowest BCUT2D eigenvalue weighted by atomic mass is 10.1. The summed E-state index contributed by atoms with van der Waals surface area (Å²) in [6, 6.07) is -0.0523. The standard InChI is InChI=1S/C15H23N5O/c1-9(14-8-16-19(5)12(14)4)17-15(21)7-13-10(2)18-20(6)11(13)3/h8-9H,7H2,1-6H3,(H,17,21). The summed E-state index contributed by atoms with van der Waals surface area (Å²) in [5.74, 6) is 0.00459. The zero-order chi connectivity index (χ0) is 15.7. The van der Waals surface area contributed by atoms with Crippen LogP contribution in [-0.2, 0) is 25.3 Å². The number of nitrogens with zero attached hydrogens (tertiary/aromatic N) is 4. The third-order valence-electron chi connectivity index (χ3n) is 4.11. The first-order chi connectivity index (χ1) is 9.81. The quantitative estimate of drug-likeness (QED) is 0.927. The van der Waals surface area contributed by atoms with Gasteiger partial charge in [0.05, 0.1) is 24.4 Å². The van der Waals surface area contributed by atoms with Gasteiger partial charge >= 0.3 is 0 Å². The molecule has 0 aliphatic rings. The Kier molecular flexibility index (Phi) is 4.16. The summed E-state index contributed by atoms with van der Waals surface area (Å²) in [7, 11) is 3.79. The van der Waals surface area contributed by atoms with Crippen LogP contribution in [0.5, 0.6) is 0 Å². The Hall–Kier alpha value is -2.11. The molecular formula is C15H23N5O. The molecule has 2 rings (SSSR count). The number of carbonyl (C=O) groups excluding carboxylic acids is 1. The van der Waals surface area contributed by atoms with Gasteiger partial charge in [-0.1, -0.05) is 0 Å². The topological polar surface area (TPSA) is 64.7 Å². The number of carbonyl (C=O) groups is 1. The van der Waals surface area contributed by atoms with E-state index in [0.717, 1.165) is 28.2 Å². The van der Waals surface area contributed by atoms with E-state index in [4.69, 9.17) is 0 Å². The highest BCUT2D eigenvalue weighted by Crippen LogP contribution is 2.17. The number of hydrogen-bond acceptors (Lipinski definition) is 3. The van der Waals surface area contributed by atoms with Crippen molar-refractivity contribution in [2.75, 3.05) is 0 Å². The van der Waals surface area contributed by atoms with E-state index in [1.807, 2.05) is 51.2 Å². The predicted molar refractivity (Wildman–Crippen MR) is 80.9 cm³/mol. The molecule has 1 unspecified atom stereocenters. The second-order valence-corrected chi connectivity index (χ2v) is 5.55. The van der Waals surface area contributed by atoms with Gasteiger partial charge in [0.2, 0.25) is 5.91 Å². The van der Waals surface area contributed by atoms with E-state index in [-0.39, 0.29) is 11.9 Å². The van der Waals surface area contributed by atoms with Gasteiger partial charge in [0, 0.05) is 36.6 Å². The Balaban J connectivity index is 2.06. The van der Waals surface area contributed by atoms with E-state index in [1.165, 1.54) is 0 Å². The van der Waals surface area contributed by atoms with Gasteiger partial charge in [-0.2, -0.15) is 10.2 Å². The van der Waals surface area contributed by atoms with E-state index in [1.54, 1.807) is 6.20 Å². The first-order valence-corrected chi connectivity index (χ1v) is 7.08. The van der Waals surface area contributed by atoms with Crippen LogP contribution in [0.25, 0.3) is 0 Å². The molecule has 0 saturated heterocycles. The van der Waals surface area contributed by atoms with E-state index >= 15 is 0 Å². The molecule has 1 atom stereocenters. The molecule has 0 bridgehead atoms. The van der Waals surface area contributed by atoms with Crippen LogP contribution in [0, 0.1) is 20.8 Å². The molecule has 0 radical (unpaired) electrons. The summed E-state index contributed by atoms with van der Waals surface area (Å²) in [4.78, 5) is 12.3. The Morgan fingerprint density at radius 1 is 1.24 bits per heavy atom. The minimum Gasteiger partial charge on any atom is -0.349 e. The van der Waals surface area contributed by atoms with Crippen molar-refractivity contribution in [1.29, 1.82) is 0 Å². The summed E-state index contributed by atoms with van der Waals surface area (Å²) >= 11 is 0. The largest absolute Gasteiger partial charge is 0.349 e. The van der Waals surface area contributed by atoms with Crippen molar-refractivity contribution >= 4 is 5.91 Å². The molecule has 0 aromatic carbocycles. The summed E-state index contributed by atoms with van der Waals surface area (Å²) in [6.45, 7) is 7.90. The van der Waals surface area contributed by atoms with E-state index in [2.05, 4.69) is 15.5 Å². The monoisotopic (exact) mass is 289 g/mol. The summed E-state index contributed by atoms with van der Waals surface area (Å²) < 4.78 is 3.63. The predicted octanol–water partition coefficient (Wildman–Crippen LogP) is 1.50. The average Bonchev–Trinajstić information content (AvgIpc) is 2.85. The van der Waals surface area contributed by atoms with Crippen molar-refractivity contribution in [1.82, 2.24) is 24.9 Å². The van der Waals surface area contributed by atoms with Gasteiger partial charge in [-0.15, -0.1) is 0 Å². The molecule has 114 valence electrons. The number of nitrogens with one attached hydrogen (secondary N) is 1. The highest BCUT2D eigenvalue weighted by Gasteiger charge is 2.17. The number of hydrogen-bond donors (Lipinski definition) is 1. The molecule has 6 heteroatoms. The van der Waals surface area contributed by atoms with Crippen molar-refractivity contribution in [2.45, 2.75) is 40.2 Å². The smallest absolute Gasteiger partial charge is 0.225 e. The second-order valence-electron chi connectivity index (χ2n) is 5.55. The number of aryl methyl sites for hydroxylation is 3. The molecule has 0 saturated carbocycles. The fraction of sp³-hybridized carbons (Fsp3) is 0.533. The Labute approximate surface area is 125 Å². The molecule has 1 N–H and O–H groups in total. The Morgan fingerprint density at radius 2 is 1.90 bits per heavy atom. The zero-order valence-electron chi connectivity index (χ0n) is 13.6. The lowest BCUT2D eigenvalue weighted by Crippen LogP contribution is -2.28. The maximum atomic E-state index is 12.3. The third-order valence-corrected chi connectivity index (χ3v) is 4.11. The molecule has 2 heterocycles. The van der Waals surface area contributed by atoms with Gasteiger partial charge in [0.1, 0.15) is 0 Å². The van der Waals surface area contributed by atoms with Crippen LogP contribution < -0.4 is 5.32 Å². The van der Waals surface area contributed by atoms with E-state index in [9.17, 15) is 4.79 Å². The van der Waals surface area contributed by atoms with Crippen LogP contribution in [0.1, 0.15) is 41.2 Å². The molecule has 6 nitrogen and oxygen atoms in total. The number of amides is 1. The zero-order valence-corrected chi connectivity index (χ0v) is 13.6. The molecule has 0 aliphatic heterocycles. The highest BCUT2D eigenvalue weighted by atomic mass is 16.1. The lowest BCUT2D eigenvalue weighted by Gasteiger charge is -2.14. The van der Waals surface area contributed by atoms with Gasteiger partial charge in [0.15, 0.2) is 0 Å². The normalized spacial score (nSPS) is 12.5. The third kappa shape index (κ3) is 2.99. The Morgan fingerprint density at radius 3 is 2.38 bits per heavy atom. The van der Waals surface area contributed by atoms with Gasteiger partial charge in [-0.3, -0.25) is 14.2 Å². The summed E-state index contributed by atoms with van der Waals surface area (Å²) in [6.07, 6.45) is 2.16. The highest BCUT2D eigenvalue weighted by molar-refractivity contribution is 5.79. The molecule has 21 heavy (non-hydrogen) atoms. The fourth-order valence-corrected chi connectivity index (χ4v) is 2.54. The molecule has 0 spiro atoms. The van der Waals surface area contributed by atoms with Crippen molar-refractivity contribution < 1.29 is 4.79 Å². The van der Waals surface area contributed by atoms with Crippen LogP contribution in [0.3, 0.4) is 0 Å². The minimum atomic E-state index is -0.0523. The van der Waals surface area contributed by atoms with Crippen LogP contribution in [-0.4, -0.2) is 25.5 Å². The lowest BCUT2D eigenvalue weighted by molar-refractivity contribution is -0.121. The van der Waals surface area contributed by atoms with Crippen LogP contribution in [0.2, 0.25) is 0 Å². The molecule has 0 aliphatic carbocycles. The Bertz CT molecular complexity index is 668. The number of aromatic nitrogens is 4. The van der Waals surface area contributed by atoms with E-state index < -0.39 is 0 Å². The van der Waals surface area contributed by atoms with Crippen molar-refractivity contribution in [3.05, 3.63) is 34.4 Å².